The van der Waals surface area contributed by atoms with Gasteiger partial charge in [0.2, 0.25) is 5.91 Å². The largest absolute Gasteiger partial charge is 0.544 e. The molecule has 5 nitrogen and oxygen atoms in total. The number of hydrogen-bond donors (Lipinski definition) is 1. The van der Waals surface area contributed by atoms with E-state index in [1.807, 2.05) is 28.1 Å². The van der Waals surface area contributed by atoms with Crippen LogP contribution in [0.5, 0.6) is 0 Å². The molecule has 0 heterocycles. The third kappa shape index (κ3) is 9.59. The Morgan fingerprint density at radius 2 is 1.48 bits per heavy atom. The molecule has 5 heteroatoms. The van der Waals surface area contributed by atoms with Gasteiger partial charge in [0.25, 0.3) is 0 Å². The molecule has 136 valence electrons. The van der Waals surface area contributed by atoms with E-state index in [-0.39, 0.29) is 10.4 Å². The van der Waals surface area contributed by atoms with E-state index < -0.39 is 18.1 Å². The lowest BCUT2D eigenvalue weighted by atomic mass is 10.0. The normalized spacial score (nSPS) is 14.3. The second-order valence-corrected chi connectivity index (χ2v) is 7.33. The zero-order chi connectivity index (χ0) is 17.9. The minimum absolute atomic E-state index is 0.0508. The number of rotatable bonds is 13. The summed E-state index contributed by atoms with van der Waals surface area (Å²) in [5.74, 6) is -1.16. The Balaban J connectivity index is 4.21. The van der Waals surface area contributed by atoms with E-state index in [1.165, 1.54) is 32.1 Å². The van der Waals surface area contributed by atoms with Crippen molar-refractivity contribution in [3.05, 3.63) is 0 Å². The second kappa shape index (κ2) is 11.4. The number of carboxylic acid groups (broad SMARTS) is 1. The van der Waals surface area contributed by atoms with Crippen LogP contribution in [-0.2, 0) is 9.59 Å². The molecule has 0 rings (SSSR count). The fraction of sp³-hybridized carbons (Fsp3) is 0.889. The van der Waals surface area contributed by atoms with Gasteiger partial charge in [-0.25, -0.2) is 0 Å². The van der Waals surface area contributed by atoms with E-state index >= 15 is 0 Å². The number of likely N-dealkylation sites (N-methyl/N-ethyl adjacent to an activating group) is 1. The molecule has 0 fully saturated rings. The molecule has 0 radical (unpaired) electrons. The molecule has 0 saturated carbocycles. The lowest BCUT2D eigenvalue weighted by Gasteiger charge is -2.39. The average Bonchev–Trinajstić information content (AvgIpc) is 2.43. The van der Waals surface area contributed by atoms with Gasteiger partial charge in [-0.2, -0.15) is 0 Å². The van der Waals surface area contributed by atoms with E-state index in [2.05, 4.69) is 12.2 Å². The summed E-state index contributed by atoms with van der Waals surface area (Å²) in [5, 5.41) is 14.3. The Morgan fingerprint density at radius 3 is 1.91 bits per heavy atom. The number of nitrogens with one attached hydrogen (secondary N) is 1. The molecule has 1 amide bonds. The highest BCUT2D eigenvalue weighted by atomic mass is 16.4. The van der Waals surface area contributed by atoms with Gasteiger partial charge in [0.15, 0.2) is 0 Å². The molecule has 0 aromatic heterocycles. The molecule has 2 unspecified atom stereocenters. The van der Waals surface area contributed by atoms with Crippen molar-refractivity contribution in [2.75, 3.05) is 21.1 Å². The highest BCUT2D eigenvalue weighted by molar-refractivity contribution is 5.78. The maximum absolute atomic E-state index is 12.1. The summed E-state index contributed by atoms with van der Waals surface area (Å²) in [7, 11) is 5.43. The number of amides is 1. The number of aliphatic carboxylic acids is 1. The Bertz CT molecular complexity index is 351. The summed E-state index contributed by atoms with van der Waals surface area (Å²) < 4.78 is 0.235. The van der Waals surface area contributed by atoms with Crippen molar-refractivity contribution in [1.29, 1.82) is 0 Å². The highest BCUT2D eigenvalue weighted by Gasteiger charge is 2.33. The molecular weight excluding hydrogens is 292 g/mol. The first kappa shape index (κ1) is 21.9. The summed E-state index contributed by atoms with van der Waals surface area (Å²) >= 11 is 0. The smallest absolute Gasteiger partial charge is 0.220 e. The minimum atomic E-state index is -1.11. The average molecular weight is 328 g/mol. The first-order valence-corrected chi connectivity index (χ1v) is 9.05. The maximum atomic E-state index is 12.1. The van der Waals surface area contributed by atoms with Crippen LogP contribution >= 0.6 is 0 Å². The van der Waals surface area contributed by atoms with Gasteiger partial charge in [0, 0.05) is 6.42 Å². The van der Waals surface area contributed by atoms with E-state index in [1.54, 1.807) is 0 Å². The van der Waals surface area contributed by atoms with Gasteiger partial charge in [-0.05, 0) is 12.8 Å². The Morgan fingerprint density at radius 1 is 0.957 bits per heavy atom. The molecule has 2 atom stereocenters. The van der Waals surface area contributed by atoms with Crippen LogP contribution in [0.15, 0.2) is 0 Å². The summed E-state index contributed by atoms with van der Waals surface area (Å²) in [4.78, 5) is 23.5. The van der Waals surface area contributed by atoms with Crippen LogP contribution in [0.3, 0.4) is 0 Å². The van der Waals surface area contributed by atoms with Crippen LogP contribution in [-0.4, -0.2) is 49.6 Å². The van der Waals surface area contributed by atoms with Crippen molar-refractivity contribution in [2.45, 2.75) is 83.7 Å². The van der Waals surface area contributed by atoms with Crippen LogP contribution in [0.25, 0.3) is 0 Å². The standard InChI is InChI=1S/C18H36N2O3/c1-6-8-9-10-11-12-13-14-16(21)19-15(7-2)17(18(22)23)20(3,4)5/h15,17H,6-14H2,1-5H3,(H-,19,21,22,23). The Hall–Kier alpha value is -1.10. The molecule has 0 saturated heterocycles. The van der Waals surface area contributed by atoms with Crippen LogP contribution in [0, 0.1) is 0 Å². The summed E-state index contributed by atoms with van der Waals surface area (Å²) in [6.07, 6.45) is 9.20. The van der Waals surface area contributed by atoms with Crippen molar-refractivity contribution in [3.63, 3.8) is 0 Å². The zero-order valence-electron chi connectivity index (χ0n) is 15.7. The van der Waals surface area contributed by atoms with Gasteiger partial charge in [-0.1, -0.05) is 52.4 Å². The zero-order valence-corrected chi connectivity index (χ0v) is 15.7. The first-order valence-electron chi connectivity index (χ1n) is 9.05. The molecule has 0 aliphatic rings. The molecule has 0 bridgehead atoms. The number of carbonyl (C=O) groups excluding carboxylic acids is 2. The predicted octanol–water partition coefficient (Wildman–Crippen LogP) is 1.85. The van der Waals surface area contributed by atoms with E-state index in [9.17, 15) is 14.7 Å². The maximum Gasteiger partial charge on any atom is 0.220 e. The van der Waals surface area contributed by atoms with E-state index in [4.69, 9.17) is 0 Å². The molecule has 0 aliphatic carbocycles. The fourth-order valence-corrected chi connectivity index (χ4v) is 2.95. The number of hydrogen-bond acceptors (Lipinski definition) is 3. The van der Waals surface area contributed by atoms with Gasteiger partial charge >= 0.3 is 0 Å². The summed E-state index contributed by atoms with van der Waals surface area (Å²) in [6, 6.07) is -1.13. The summed E-state index contributed by atoms with van der Waals surface area (Å²) in [5.41, 5.74) is 0. The molecular formula is C18H36N2O3. The van der Waals surface area contributed by atoms with Gasteiger partial charge in [-0.15, -0.1) is 0 Å². The lowest BCUT2D eigenvalue weighted by molar-refractivity contribution is -0.890. The Kier molecular flexibility index (Phi) is 10.9. The van der Waals surface area contributed by atoms with Crippen LogP contribution in [0.4, 0.5) is 0 Å². The minimum Gasteiger partial charge on any atom is -0.544 e. The van der Waals surface area contributed by atoms with Crippen molar-refractivity contribution in [2.24, 2.45) is 0 Å². The number of carbonyl (C=O) groups is 2. The summed E-state index contributed by atoms with van der Waals surface area (Å²) in [6.45, 7) is 4.09. The molecule has 0 aromatic carbocycles. The van der Waals surface area contributed by atoms with Gasteiger partial charge < -0.3 is 19.7 Å². The SMILES string of the molecule is CCCCCCCCCC(=O)NC(CC)C(C(=O)[O-])[N+](C)(C)C. The van der Waals surface area contributed by atoms with Crippen molar-refractivity contribution in [1.82, 2.24) is 5.32 Å². The van der Waals surface area contributed by atoms with Gasteiger partial charge in [-0.3, -0.25) is 4.79 Å². The number of nitrogens with zero attached hydrogens (tertiary/aromatic N) is 1. The number of unbranched alkanes of at least 4 members (excludes halogenated alkanes) is 6. The highest BCUT2D eigenvalue weighted by Crippen LogP contribution is 2.12. The molecule has 23 heavy (non-hydrogen) atoms. The third-order valence-electron chi connectivity index (χ3n) is 4.25. The second-order valence-electron chi connectivity index (χ2n) is 7.33. The number of carboxylic acids is 1. The van der Waals surface area contributed by atoms with E-state index in [0.717, 1.165) is 12.8 Å². The molecule has 1 N–H and O–H groups in total. The van der Waals surface area contributed by atoms with Crippen molar-refractivity contribution >= 4 is 11.9 Å². The van der Waals surface area contributed by atoms with Gasteiger partial charge in [0.1, 0.15) is 12.0 Å². The van der Waals surface area contributed by atoms with E-state index in [0.29, 0.717) is 12.8 Å². The first-order chi connectivity index (χ1) is 10.7. The number of quaternary nitrogens is 1. The third-order valence-corrected chi connectivity index (χ3v) is 4.25. The van der Waals surface area contributed by atoms with Crippen molar-refractivity contribution < 1.29 is 19.2 Å². The molecule has 0 spiro atoms. The topological polar surface area (TPSA) is 69.2 Å². The van der Waals surface area contributed by atoms with Crippen LogP contribution in [0.2, 0.25) is 0 Å². The predicted molar refractivity (Wildman–Crippen MR) is 91.7 cm³/mol. The monoisotopic (exact) mass is 328 g/mol. The van der Waals surface area contributed by atoms with Crippen LogP contribution < -0.4 is 10.4 Å². The quantitative estimate of drug-likeness (QED) is 0.414. The lowest BCUT2D eigenvalue weighted by Crippen LogP contribution is -2.64. The Labute approximate surface area is 142 Å². The van der Waals surface area contributed by atoms with Crippen LogP contribution in [0.1, 0.15) is 71.6 Å². The molecule has 0 aliphatic heterocycles. The molecule has 0 aromatic rings. The fourth-order valence-electron chi connectivity index (χ4n) is 2.95. The van der Waals surface area contributed by atoms with Gasteiger partial charge in [0.05, 0.1) is 27.2 Å². The van der Waals surface area contributed by atoms with Crippen molar-refractivity contribution in [3.8, 4) is 0 Å².